The number of nitrogens with zero attached hydrogens (tertiary/aromatic N) is 4. The quantitative estimate of drug-likeness (QED) is 0.890. The molecule has 0 bridgehead atoms. The molecule has 4 atom stereocenters. The van der Waals surface area contributed by atoms with Crippen molar-refractivity contribution in [3.05, 3.63) is 18.3 Å². The predicted molar refractivity (Wildman–Crippen MR) is 73.6 cm³/mol. The fourth-order valence-corrected chi connectivity index (χ4v) is 2.75. The van der Waals surface area contributed by atoms with Crippen molar-refractivity contribution < 1.29 is 13.9 Å². The molecule has 3 rings (SSSR count). The van der Waals surface area contributed by atoms with Gasteiger partial charge in [0.1, 0.15) is 17.9 Å². The normalized spacial score (nSPS) is 29.3. The Morgan fingerprint density at radius 2 is 2.24 bits per heavy atom. The molecular weight excluding hydrogens is 277 g/mol. The highest BCUT2D eigenvalue weighted by atomic mass is 19.1. The maximum Gasteiger partial charge on any atom is 0.170 e. The third kappa shape index (κ3) is 2.29. The van der Waals surface area contributed by atoms with Crippen LogP contribution in [-0.2, 0) is 9.47 Å². The molecule has 0 radical (unpaired) electrons. The second-order valence-corrected chi connectivity index (χ2v) is 5.06. The first kappa shape index (κ1) is 14.3. The lowest BCUT2D eigenvalue weighted by atomic mass is 10.1. The Morgan fingerprint density at radius 3 is 2.95 bits per heavy atom. The summed E-state index contributed by atoms with van der Waals surface area (Å²) in [7, 11) is 3.28. The summed E-state index contributed by atoms with van der Waals surface area (Å²) in [6.45, 7) is 2.16. The SMILES string of the molecule is CN[C@H]1[C@@H](F)[C@H](n2cnc3c(C)ncnc32)O[C@@H]1COC. The maximum absolute atomic E-state index is 14.7. The molecule has 1 N–H and O–H groups in total. The summed E-state index contributed by atoms with van der Waals surface area (Å²) in [5.41, 5.74) is 1.98. The van der Waals surface area contributed by atoms with E-state index in [1.807, 2.05) is 6.92 Å². The van der Waals surface area contributed by atoms with Gasteiger partial charge in [0.15, 0.2) is 18.0 Å². The van der Waals surface area contributed by atoms with Gasteiger partial charge in [0.2, 0.25) is 0 Å². The number of aromatic nitrogens is 4. The van der Waals surface area contributed by atoms with E-state index >= 15 is 0 Å². The fraction of sp³-hybridized carbons (Fsp3) is 0.615. The zero-order valence-corrected chi connectivity index (χ0v) is 12.2. The average molecular weight is 295 g/mol. The second-order valence-electron chi connectivity index (χ2n) is 5.06. The molecule has 0 amide bonds. The molecule has 114 valence electrons. The van der Waals surface area contributed by atoms with Gasteiger partial charge in [-0.3, -0.25) is 4.57 Å². The largest absolute Gasteiger partial charge is 0.382 e. The minimum atomic E-state index is -1.22. The first-order chi connectivity index (χ1) is 10.2. The van der Waals surface area contributed by atoms with Gasteiger partial charge in [-0.2, -0.15) is 0 Å². The van der Waals surface area contributed by atoms with E-state index in [0.717, 1.165) is 5.69 Å². The molecule has 0 aliphatic carbocycles. The molecule has 8 heteroatoms. The summed E-state index contributed by atoms with van der Waals surface area (Å²) in [5, 5.41) is 2.95. The van der Waals surface area contributed by atoms with E-state index in [1.165, 1.54) is 6.33 Å². The van der Waals surface area contributed by atoms with Crippen LogP contribution in [0.2, 0.25) is 0 Å². The second kappa shape index (κ2) is 5.63. The van der Waals surface area contributed by atoms with Crippen LogP contribution in [0.25, 0.3) is 11.2 Å². The van der Waals surface area contributed by atoms with Crippen LogP contribution in [0.5, 0.6) is 0 Å². The van der Waals surface area contributed by atoms with Gasteiger partial charge in [0.05, 0.1) is 24.7 Å². The summed E-state index contributed by atoms with van der Waals surface area (Å²) >= 11 is 0. The van der Waals surface area contributed by atoms with Crippen LogP contribution in [0.3, 0.4) is 0 Å². The number of methoxy groups -OCH3 is 1. The molecule has 2 aromatic rings. The lowest BCUT2D eigenvalue weighted by molar-refractivity contribution is -0.0442. The Balaban J connectivity index is 1.97. The van der Waals surface area contributed by atoms with E-state index in [2.05, 4.69) is 20.3 Å². The van der Waals surface area contributed by atoms with Crippen LogP contribution in [-0.4, -0.2) is 58.6 Å². The Kier molecular flexibility index (Phi) is 3.83. The number of rotatable bonds is 4. The topological polar surface area (TPSA) is 74.1 Å². The van der Waals surface area contributed by atoms with Crippen LogP contribution in [0, 0.1) is 6.92 Å². The van der Waals surface area contributed by atoms with Crippen molar-refractivity contribution >= 4 is 11.2 Å². The molecule has 1 fully saturated rings. The number of hydrogen-bond acceptors (Lipinski definition) is 6. The minimum Gasteiger partial charge on any atom is -0.382 e. The summed E-state index contributed by atoms with van der Waals surface area (Å²) in [4.78, 5) is 12.5. The molecule has 0 unspecified atom stereocenters. The Bertz CT molecular complexity index is 634. The molecule has 0 aromatic carbocycles. The fourth-order valence-electron chi connectivity index (χ4n) is 2.75. The molecule has 1 saturated heterocycles. The number of nitrogens with one attached hydrogen (secondary N) is 1. The van der Waals surface area contributed by atoms with Crippen LogP contribution >= 0.6 is 0 Å². The smallest absolute Gasteiger partial charge is 0.170 e. The number of fused-ring (bicyclic) bond motifs is 1. The van der Waals surface area contributed by atoms with Gasteiger partial charge in [0.25, 0.3) is 0 Å². The average Bonchev–Trinajstić information content (AvgIpc) is 3.02. The summed E-state index contributed by atoms with van der Waals surface area (Å²) in [6, 6.07) is -0.435. The van der Waals surface area contributed by atoms with E-state index < -0.39 is 18.4 Å². The van der Waals surface area contributed by atoms with Crippen molar-refractivity contribution in [2.45, 2.75) is 31.5 Å². The van der Waals surface area contributed by atoms with Gasteiger partial charge in [-0.05, 0) is 14.0 Å². The van der Waals surface area contributed by atoms with Crippen molar-refractivity contribution in [3.8, 4) is 0 Å². The zero-order chi connectivity index (χ0) is 15.0. The van der Waals surface area contributed by atoms with E-state index in [1.54, 1.807) is 25.1 Å². The molecule has 0 saturated carbocycles. The highest BCUT2D eigenvalue weighted by Crippen LogP contribution is 2.33. The lowest BCUT2D eigenvalue weighted by Crippen LogP contribution is -2.42. The zero-order valence-electron chi connectivity index (χ0n) is 12.2. The number of aryl methyl sites for hydroxylation is 1. The summed E-state index contributed by atoms with van der Waals surface area (Å²) in [5.74, 6) is 0. The van der Waals surface area contributed by atoms with Gasteiger partial charge in [-0.25, -0.2) is 19.3 Å². The Morgan fingerprint density at radius 1 is 1.43 bits per heavy atom. The van der Waals surface area contributed by atoms with Crippen LogP contribution in [0.15, 0.2) is 12.7 Å². The van der Waals surface area contributed by atoms with E-state index in [-0.39, 0.29) is 6.10 Å². The van der Waals surface area contributed by atoms with Crippen molar-refractivity contribution in [3.63, 3.8) is 0 Å². The highest BCUT2D eigenvalue weighted by Gasteiger charge is 2.45. The molecule has 1 aliphatic heterocycles. The van der Waals surface area contributed by atoms with Gasteiger partial charge in [0, 0.05) is 7.11 Å². The number of hydrogen-bond donors (Lipinski definition) is 1. The number of ether oxygens (including phenoxy) is 2. The first-order valence-corrected chi connectivity index (χ1v) is 6.77. The monoisotopic (exact) mass is 295 g/mol. The van der Waals surface area contributed by atoms with Crippen molar-refractivity contribution in [1.29, 1.82) is 0 Å². The van der Waals surface area contributed by atoms with E-state index in [4.69, 9.17) is 9.47 Å². The van der Waals surface area contributed by atoms with Crippen LogP contribution in [0.1, 0.15) is 11.9 Å². The van der Waals surface area contributed by atoms with Gasteiger partial charge >= 0.3 is 0 Å². The molecular formula is C13H18FN5O2. The first-order valence-electron chi connectivity index (χ1n) is 6.77. The van der Waals surface area contributed by atoms with Gasteiger partial charge < -0.3 is 14.8 Å². The molecule has 1 aliphatic rings. The number of imidazole rings is 1. The Labute approximate surface area is 121 Å². The number of likely N-dealkylation sites (N-methyl/N-ethyl adjacent to an activating group) is 1. The molecule has 0 spiro atoms. The van der Waals surface area contributed by atoms with Crippen LogP contribution in [0.4, 0.5) is 4.39 Å². The molecule has 2 aromatic heterocycles. The Hall–Kier alpha value is -1.64. The third-order valence-electron chi connectivity index (χ3n) is 3.81. The molecule has 3 heterocycles. The van der Waals surface area contributed by atoms with Crippen molar-refractivity contribution in [2.24, 2.45) is 0 Å². The highest BCUT2D eigenvalue weighted by molar-refractivity contribution is 5.72. The standard InChI is InChI=1S/C13H18FN5O2/c1-7-10-12(17-5-16-7)19(6-18-10)13-9(14)11(15-2)8(21-13)4-20-3/h5-6,8-9,11,13,15H,4H2,1-3H3/t8-,9-,11-,13-/m1/s1. The van der Waals surface area contributed by atoms with E-state index in [0.29, 0.717) is 17.8 Å². The summed E-state index contributed by atoms with van der Waals surface area (Å²) < 4.78 is 27.2. The number of alkyl halides is 1. The maximum atomic E-state index is 14.7. The van der Waals surface area contributed by atoms with Gasteiger partial charge in [-0.15, -0.1) is 0 Å². The lowest BCUT2D eigenvalue weighted by Gasteiger charge is -2.17. The minimum absolute atomic E-state index is 0.322. The number of halogens is 1. The predicted octanol–water partition coefficient (Wildman–Crippen LogP) is 0.605. The third-order valence-corrected chi connectivity index (χ3v) is 3.81. The molecule has 7 nitrogen and oxygen atoms in total. The van der Waals surface area contributed by atoms with Crippen LogP contribution < -0.4 is 5.32 Å². The van der Waals surface area contributed by atoms with Gasteiger partial charge in [-0.1, -0.05) is 0 Å². The van der Waals surface area contributed by atoms with E-state index in [9.17, 15) is 4.39 Å². The van der Waals surface area contributed by atoms with Crippen molar-refractivity contribution in [1.82, 2.24) is 24.8 Å². The summed E-state index contributed by atoms with van der Waals surface area (Å²) in [6.07, 6.45) is 0.635. The molecule has 21 heavy (non-hydrogen) atoms. The van der Waals surface area contributed by atoms with Crippen molar-refractivity contribution in [2.75, 3.05) is 20.8 Å².